The number of nitrogens with one attached hydrogen (secondary N) is 1. The third kappa shape index (κ3) is 3.13. The van der Waals surface area contributed by atoms with Crippen LogP contribution in [-0.4, -0.2) is 36.5 Å². The predicted octanol–water partition coefficient (Wildman–Crippen LogP) is 2.39. The van der Waals surface area contributed by atoms with Crippen LogP contribution in [0.4, 0.5) is 0 Å². The number of hydrogen-bond donors (Lipinski definition) is 1. The first kappa shape index (κ1) is 14.6. The topological polar surface area (TPSA) is 32.3 Å². The molecule has 1 fully saturated rings. The molecule has 3 nitrogen and oxygen atoms in total. The largest absolute Gasteiger partial charge is 0.339 e. The first-order chi connectivity index (χ1) is 10.3. The van der Waals surface area contributed by atoms with Crippen molar-refractivity contribution in [3.8, 4) is 0 Å². The van der Waals surface area contributed by atoms with Crippen LogP contribution in [0, 0.1) is 5.92 Å². The van der Waals surface area contributed by atoms with Crippen molar-refractivity contribution in [3.63, 3.8) is 0 Å². The van der Waals surface area contributed by atoms with Crippen molar-refractivity contribution in [2.24, 2.45) is 5.92 Å². The van der Waals surface area contributed by atoms with E-state index in [4.69, 9.17) is 0 Å². The number of rotatable bonds is 4. The van der Waals surface area contributed by atoms with E-state index in [9.17, 15) is 4.79 Å². The van der Waals surface area contributed by atoms with Gasteiger partial charge in [-0.25, -0.2) is 0 Å². The van der Waals surface area contributed by atoms with Gasteiger partial charge in [-0.15, -0.1) is 0 Å². The zero-order valence-electron chi connectivity index (χ0n) is 13.0. The molecule has 1 N–H and O–H groups in total. The second-order valence-electron chi connectivity index (χ2n) is 6.39. The molecule has 1 aromatic carbocycles. The van der Waals surface area contributed by atoms with Gasteiger partial charge in [0.25, 0.3) is 0 Å². The fourth-order valence-electron chi connectivity index (χ4n) is 3.80. The molecular formula is C18H26N2O. The summed E-state index contributed by atoms with van der Waals surface area (Å²) in [4.78, 5) is 15.2. The molecule has 3 rings (SSSR count). The highest BCUT2D eigenvalue weighted by atomic mass is 16.2. The van der Waals surface area contributed by atoms with Crippen LogP contribution in [0.2, 0.25) is 0 Å². The fraction of sp³-hybridized carbons (Fsp3) is 0.611. The van der Waals surface area contributed by atoms with Gasteiger partial charge in [0.05, 0.1) is 0 Å². The van der Waals surface area contributed by atoms with Crippen molar-refractivity contribution >= 4 is 5.91 Å². The highest BCUT2D eigenvalue weighted by Gasteiger charge is 2.33. The Kier molecular flexibility index (Phi) is 4.59. The summed E-state index contributed by atoms with van der Waals surface area (Å²) in [6.07, 6.45) is 5.12. The molecule has 0 bridgehead atoms. The summed E-state index contributed by atoms with van der Waals surface area (Å²) in [6.45, 7) is 5.17. The van der Waals surface area contributed by atoms with Crippen LogP contribution in [-0.2, 0) is 17.6 Å². The molecular weight excluding hydrogens is 260 g/mol. The lowest BCUT2D eigenvalue weighted by Gasteiger charge is -2.36. The van der Waals surface area contributed by atoms with Crippen molar-refractivity contribution in [1.82, 2.24) is 10.2 Å². The van der Waals surface area contributed by atoms with Crippen LogP contribution in [0.5, 0.6) is 0 Å². The maximum atomic E-state index is 13.0. The molecule has 0 aromatic heterocycles. The Hall–Kier alpha value is -1.35. The van der Waals surface area contributed by atoms with E-state index in [-0.39, 0.29) is 5.92 Å². The Morgan fingerprint density at radius 1 is 1.19 bits per heavy atom. The molecule has 0 atom stereocenters. The molecule has 1 saturated heterocycles. The molecule has 1 aliphatic heterocycles. The molecule has 0 unspecified atom stereocenters. The molecule has 0 radical (unpaired) electrons. The summed E-state index contributed by atoms with van der Waals surface area (Å²) in [5.41, 5.74) is 2.75. The zero-order chi connectivity index (χ0) is 14.7. The summed E-state index contributed by atoms with van der Waals surface area (Å²) in [7, 11) is 0. The number of amides is 1. The Bertz CT molecular complexity index is 469. The Morgan fingerprint density at radius 2 is 1.81 bits per heavy atom. The Balaban J connectivity index is 1.70. The van der Waals surface area contributed by atoms with E-state index in [0.29, 0.717) is 11.9 Å². The SMILES string of the molecule is CCCN(C(=O)C1Cc2ccccc2C1)C1CCNCC1. The van der Waals surface area contributed by atoms with Gasteiger partial charge >= 0.3 is 0 Å². The predicted molar refractivity (Wildman–Crippen MR) is 85.2 cm³/mol. The van der Waals surface area contributed by atoms with E-state index < -0.39 is 0 Å². The number of hydrogen-bond acceptors (Lipinski definition) is 2. The van der Waals surface area contributed by atoms with Crippen molar-refractivity contribution in [2.45, 2.75) is 45.1 Å². The molecule has 1 heterocycles. The van der Waals surface area contributed by atoms with Gasteiger partial charge in [0.2, 0.25) is 5.91 Å². The minimum Gasteiger partial charge on any atom is -0.339 e. The molecule has 3 heteroatoms. The van der Waals surface area contributed by atoms with Crippen LogP contribution >= 0.6 is 0 Å². The Morgan fingerprint density at radius 3 is 2.38 bits per heavy atom. The molecule has 0 saturated carbocycles. The monoisotopic (exact) mass is 286 g/mol. The number of benzene rings is 1. The number of piperidine rings is 1. The molecule has 114 valence electrons. The van der Waals surface area contributed by atoms with E-state index in [1.807, 2.05) is 0 Å². The highest BCUT2D eigenvalue weighted by Crippen LogP contribution is 2.29. The molecule has 2 aliphatic rings. The Labute approximate surface area is 127 Å². The summed E-state index contributed by atoms with van der Waals surface area (Å²) in [6, 6.07) is 8.97. The zero-order valence-corrected chi connectivity index (χ0v) is 13.0. The first-order valence-corrected chi connectivity index (χ1v) is 8.37. The minimum atomic E-state index is 0.170. The average Bonchev–Trinajstić information content (AvgIpc) is 2.97. The van der Waals surface area contributed by atoms with Gasteiger partial charge in [-0.05, 0) is 56.3 Å². The number of fused-ring (bicyclic) bond motifs is 1. The van der Waals surface area contributed by atoms with Crippen LogP contribution in [0.25, 0.3) is 0 Å². The van der Waals surface area contributed by atoms with E-state index >= 15 is 0 Å². The van der Waals surface area contributed by atoms with Crippen LogP contribution in [0.1, 0.15) is 37.3 Å². The van der Waals surface area contributed by atoms with E-state index in [2.05, 4.69) is 41.4 Å². The second kappa shape index (κ2) is 6.61. The van der Waals surface area contributed by atoms with E-state index in [1.54, 1.807) is 0 Å². The van der Waals surface area contributed by atoms with Crippen LogP contribution < -0.4 is 5.32 Å². The standard InChI is InChI=1S/C18H26N2O/c1-2-11-20(17-7-9-19-10-8-17)18(21)16-12-14-5-3-4-6-15(14)13-16/h3-6,16-17,19H,2,7-13H2,1H3. The van der Waals surface area contributed by atoms with Crippen molar-refractivity contribution in [3.05, 3.63) is 35.4 Å². The highest BCUT2D eigenvalue weighted by molar-refractivity contribution is 5.80. The van der Waals surface area contributed by atoms with E-state index in [1.165, 1.54) is 11.1 Å². The van der Waals surface area contributed by atoms with Crippen LogP contribution in [0.15, 0.2) is 24.3 Å². The van der Waals surface area contributed by atoms with Crippen molar-refractivity contribution in [1.29, 1.82) is 0 Å². The van der Waals surface area contributed by atoms with Gasteiger partial charge in [-0.2, -0.15) is 0 Å². The van der Waals surface area contributed by atoms with Crippen LogP contribution in [0.3, 0.4) is 0 Å². The summed E-state index contributed by atoms with van der Waals surface area (Å²) in [5.74, 6) is 0.559. The normalized spacial score (nSPS) is 19.5. The van der Waals surface area contributed by atoms with Crippen molar-refractivity contribution < 1.29 is 4.79 Å². The number of nitrogens with zero attached hydrogens (tertiary/aromatic N) is 1. The maximum absolute atomic E-state index is 13.0. The lowest BCUT2D eigenvalue weighted by atomic mass is 9.99. The van der Waals surface area contributed by atoms with Gasteiger partial charge in [0, 0.05) is 18.5 Å². The number of carbonyl (C=O) groups excluding carboxylic acids is 1. The summed E-state index contributed by atoms with van der Waals surface area (Å²) < 4.78 is 0. The molecule has 21 heavy (non-hydrogen) atoms. The summed E-state index contributed by atoms with van der Waals surface area (Å²) in [5, 5.41) is 3.40. The minimum absolute atomic E-state index is 0.170. The molecule has 1 aliphatic carbocycles. The third-order valence-corrected chi connectivity index (χ3v) is 4.90. The lowest BCUT2D eigenvalue weighted by Crippen LogP contribution is -2.48. The fourth-order valence-corrected chi connectivity index (χ4v) is 3.80. The average molecular weight is 286 g/mol. The molecule has 1 aromatic rings. The van der Waals surface area contributed by atoms with Gasteiger partial charge in [-0.3, -0.25) is 4.79 Å². The van der Waals surface area contributed by atoms with Gasteiger partial charge in [-0.1, -0.05) is 31.2 Å². The second-order valence-corrected chi connectivity index (χ2v) is 6.39. The number of carbonyl (C=O) groups is 1. The first-order valence-electron chi connectivity index (χ1n) is 8.37. The lowest BCUT2D eigenvalue weighted by molar-refractivity contribution is -0.138. The van der Waals surface area contributed by atoms with Gasteiger partial charge in [0.1, 0.15) is 0 Å². The smallest absolute Gasteiger partial charge is 0.226 e. The van der Waals surface area contributed by atoms with Gasteiger partial charge < -0.3 is 10.2 Å². The molecule has 1 amide bonds. The third-order valence-electron chi connectivity index (χ3n) is 4.90. The van der Waals surface area contributed by atoms with Crippen molar-refractivity contribution in [2.75, 3.05) is 19.6 Å². The quantitative estimate of drug-likeness (QED) is 0.922. The van der Waals surface area contributed by atoms with Gasteiger partial charge in [0.15, 0.2) is 0 Å². The molecule has 0 spiro atoms. The maximum Gasteiger partial charge on any atom is 0.226 e. The summed E-state index contributed by atoms with van der Waals surface area (Å²) >= 11 is 0. The van der Waals surface area contributed by atoms with E-state index in [0.717, 1.165) is 51.7 Å².